The van der Waals surface area contributed by atoms with Crippen LogP contribution < -0.4 is 0 Å². The molecule has 1 aliphatic carbocycles. The second kappa shape index (κ2) is 9.16. The summed E-state index contributed by atoms with van der Waals surface area (Å²) >= 11 is 2.64. The van der Waals surface area contributed by atoms with Gasteiger partial charge in [0, 0.05) is 0 Å². The van der Waals surface area contributed by atoms with Crippen LogP contribution in [0.15, 0.2) is 30.3 Å². The van der Waals surface area contributed by atoms with Gasteiger partial charge in [0.1, 0.15) is 0 Å². The molecule has 2 unspecified atom stereocenters. The fraction of sp³-hybridized carbons (Fsp3) is 0.720. The van der Waals surface area contributed by atoms with Gasteiger partial charge in [-0.05, 0) is 0 Å². The minimum atomic E-state index is -1.33. The zero-order valence-electron chi connectivity index (χ0n) is 20.0. The quantitative estimate of drug-likeness (QED) is 0.417. The molecule has 0 N–H and O–H groups in total. The number of hydrogen-bond donors (Lipinski definition) is 0. The molecule has 2 aliphatic heterocycles. The molecule has 0 spiro atoms. The number of hydrogen-bond acceptors (Lipinski definition) is 5. The molecule has 0 radical (unpaired) electrons. The maximum atomic E-state index is 13.2. The molecule has 5 nitrogen and oxygen atoms in total. The van der Waals surface area contributed by atoms with Gasteiger partial charge in [0.15, 0.2) is 0 Å². The van der Waals surface area contributed by atoms with E-state index in [1.807, 2.05) is 6.07 Å². The third-order valence-corrected chi connectivity index (χ3v) is 9.53. The summed E-state index contributed by atoms with van der Waals surface area (Å²) in [6.07, 6.45) is 3.48. The van der Waals surface area contributed by atoms with E-state index >= 15 is 0 Å². The molecule has 7 heteroatoms. The zero-order chi connectivity index (χ0) is 23.1. The van der Waals surface area contributed by atoms with Gasteiger partial charge < -0.3 is 0 Å². The third-order valence-electron chi connectivity index (χ3n) is 7.40. The summed E-state index contributed by atoms with van der Waals surface area (Å²) in [7, 11) is -1.33. The summed E-state index contributed by atoms with van der Waals surface area (Å²) in [6.45, 7) is 12.3. The van der Waals surface area contributed by atoms with E-state index in [4.69, 9.17) is 18.6 Å². The number of carbonyl (C=O) groups excluding carboxylic acids is 1. The first-order valence-corrected chi connectivity index (χ1v) is 15.8. The van der Waals surface area contributed by atoms with Crippen molar-refractivity contribution in [2.45, 2.75) is 87.8 Å². The molecular formula is C25H38O5SeSi. The topological polar surface area (TPSA) is 54.0 Å². The van der Waals surface area contributed by atoms with Crippen molar-refractivity contribution in [1.82, 2.24) is 0 Å². The Balaban J connectivity index is 1.86. The van der Waals surface area contributed by atoms with Crippen LogP contribution in [0.5, 0.6) is 0 Å². The molecule has 178 valence electrons. The average Bonchev–Trinajstić information content (AvgIpc) is 3.14. The molecule has 1 aromatic rings. The fourth-order valence-corrected chi connectivity index (χ4v) is 8.23. The summed E-state index contributed by atoms with van der Waals surface area (Å²) in [5.41, 5.74) is -0.288. The van der Waals surface area contributed by atoms with E-state index in [9.17, 15) is 4.79 Å². The Hall–Kier alpha value is -0.694. The number of ether oxygens (including phenoxy) is 3. The Kier molecular flexibility index (Phi) is 6.99. The molecule has 3 fully saturated rings. The van der Waals surface area contributed by atoms with E-state index in [1.54, 1.807) is 0 Å². The fourth-order valence-electron chi connectivity index (χ4n) is 6.37. The monoisotopic (exact) mass is 526 g/mol. The van der Waals surface area contributed by atoms with E-state index in [0.29, 0.717) is 13.0 Å². The van der Waals surface area contributed by atoms with Crippen molar-refractivity contribution in [2.24, 2.45) is 11.3 Å². The van der Waals surface area contributed by atoms with Gasteiger partial charge in [-0.15, -0.1) is 0 Å². The Morgan fingerprint density at radius 1 is 1.19 bits per heavy atom. The van der Waals surface area contributed by atoms with Crippen molar-refractivity contribution in [2.75, 3.05) is 13.2 Å². The summed E-state index contributed by atoms with van der Waals surface area (Å²) in [6, 6.07) is 10.5. The number of fused-ring (bicyclic) bond motifs is 1. The average molecular weight is 526 g/mol. The number of esters is 1. The molecule has 0 aromatic heterocycles. The van der Waals surface area contributed by atoms with Gasteiger partial charge in [0.2, 0.25) is 0 Å². The predicted molar refractivity (Wildman–Crippen MR) is 129 cm³/mol. The van der Waals surface area contributed by atoms with Gasteiger partial charge in [-0.25, -0.2) is 0 Å². The maximum absolute atomic E-state index is 13.2. The normalized spacial score (nSPS) is 37.5. The van der Waals surface area contributed by atoms with Crippen molar-refractivity contribution in [3.63, 3.8) is 0 Å². The summed E-state index contributed by atoms with van der Waals surface area (Å²) in [5.74, 6) is -0.0931. The summed E-state index contributed by atoms with van der Waals surface area (Å²) in [4.78, 5) is 12.9. The van der Waals surface area contributed by atoms with Crippen molar-refractivity contribution in [3.05, 3.63) is 35.9 Å². The Morgan fingerprint density at radius 3 is 2.50 bits per heavy atom. The van der Waals surface area contributed by atoms with Crippen molar-refractivity contribution >= 4 is 31.0 Å². The second-order valence-electron chi connectivity index (χ2n) is 10.9. The van der Waals surface area contributed by atoms with Crippen LogP contribution >= 0.6 is 0 Å². The van der Waals surface area contributed by atoms with Crippen molar-refractivity contribution in [1.29, 1.82) is 0 Å². The Bertz CT molecular complexity index is 806. The van der Waals surface area contributed by atoms with Crippen LogP contribution in [-0.2, 0) is 28.8 Å². The zero-order valence-corrected chi connectivity index (χ0v) is 23.0. The second-order valence-corrected chi connectivity index (χ2v) is 14.4. The van der Waals surface area contributed by atoms with Crippen LogP contribution in [0.4, 0.5) is 0 Å². The molecule has 2 saturated heterocycles. The van der Waals surface area contributed by atoms with Crippen LogP contribution in [0, 0.1) is 11.3 Å². The molecule has 1 saturated carbocycles. The standard InChI is InChI=1S/C25H38O5SeSi/c1-23(2,3)20-18(29-19-13-9-10-14-27-19)15-24(16-28-32(4)5)25(20,21(31)22(26)30-24)17-11-7-6-8-12-17/h6-8,11-12,18-21,31-32H,9-10,13-16H2,1-5H3/t18-,19?,20+,21?,24-,25+/m1/s1. The van der Waals surface area contributed by atoms with Crippen LogP contribution in [0.25, 0.3) is 0 Å². The van der Waals surface area contributed by atoms with Gasteiger partial charge >= 0.3 is 203 Å². The first-order chi connectivity index (χ1) is 15.1. The molecule has 1 aromatic carbocycles. The van der Waals surface area contributed by atoms with Crippen LogP contribution in [0.3, 0.4) is 0 Å². The van der Waals surface area contributed by atoms with Crippen molar-refractivity contribution in [3.8, 4) is 0 Å². The van der Waals surface area contributed by atoms with Crippen LogP contribution in [0.2, 0.25) is 17.9 Å². The molecule has 4 rings (SSSR count). The van der Waals surface area contributed by atoms with Crippen molar-refractivity contribution < 1.29 is 23.4 Å². The number of rotatable bonds is 6. The van der Waals surface area contributed by atoms with Gasteiger partial charge in [0.25, 0.3) is 0 Å². The van der Waals surface area contributed by atoms with Gasteiger partial charge in [-0.1, -0.05) is 0 Å². The van der Waals surface area contributed by atoms with Crippen LogP contribution in [-0.4, -0.2) is 62.2 Å². The molecule has 32 heavy (non-hydrogen) atoms. The molecular weight excluding hydrogens is 487 g/mol. The van der Waals surface area contributed by atoms with Gasteiger partial charge in [-0.2, -0.15) is 0 Å². The SMILES string of the molecule is C[SiH](C)OC[C@]12C[C@@H](OC3CCCCO3)[C@@H](C(C)(C)C)[C@@]1(c1ccccc1)C([SeH])C(=O)O2. The van der Waals surface area contributed by atoms with E-state index < -0.39 is 20.1 Å². The van der Waals surface area contributed by atoms with E-state index in [-0.39, 0.29) is 34.5 Å². The first-order valence-electron chi connectivity index (χ1n) is 12.0. The van der Waals surface area contributed by atoms with E-state index in [0.717, 1.165) is 31.4 Å². The number of benzene rings is 1. The Labute approximate surface area is 202 Å². The predicted octanol–water partition coefficient (Wildman–Crippen LogP) is 3.89. The minimum absolute atomic E-state index is 0.0555. The molecule has 0 bridgehead atoms. The van der Waals surface area contributed by atoms with Crippen LogP contribution in [0.1, 0.15) is 52.0 Å². The first kappa shape index (κ1) is 24.4. The molecule has 2 heterocycles. The Morgan fingerprint density at radius 2 is 1.91 bits per heavy atom. The van der Waals surface area contributed by atoms with E-state index in [2.05, 4.69) is 74.1 Å². The summed E-state index contributed by atoms with van der Waals surface area (Å²) < 4.78 is 25.4. The number of carbonyl (C=O) groups is 1. The molecule has 3 aliphatic rings. The summed E-state index contributed by atoms with van der Waals surface area (Å²) in [5, 5.41) is 0. The third kappa shape index (κ3) is 4.03. The molecule has 0 amide bonds. The van der Waals surface area contributed by atoms with Gasteiger partial charge in [0.05, 0.1) is 0 Å². The van der Waals surface area contributed by atoms with E-state index in [1.165, 1.54) is 0 Å². The molecule has 6 atom stereocenters. The van der Waals surface area contributed by atoms with Gasteiger partial charge in [-0.3, -0.25) is 0 Å².